The summed E-state index contributed by atoms with van der Waals surface area (Å²) in [5.74, 6) is 0. The van der Waals surface area contributed by atoms with E-state index in [1.165, 1.54) is 18.4 Å². The van der Waals surface area contributed by atoms with Gasteiger partial charge < -0.3 is 5.32 Å². The third kappa shape index (κ3) is 5.29. The van der Waals surface area contributed by atoms with E-state index in [-0.39, 0.29) is 0 Å². The molecular weight excluding hydrogens is 310 g/mol. The van der Waals surface area contributed by atoms with Crippen molar-refractivity contribution in [2.75, 3.05) is 7.05 Å². The van der Waals surface area contributed by atoms with Crippen LogP contribution in [0.3, 0.4) is 0 Å². The number of benzene rings is 1. The standard InChI is InChI=1S/C15H23BrClN/c1-15(2,3)9-5-6-14(18-4)12-8-7-11(16)10-13(12)17/h7-8,10,14,18H,5-6,9H2,1-4H3. The predicted octanol–water partition coefficient (Wildman–Crippen LogP) is 5.58. The first-order valence-electron chi connectivity index (χ1n) is 6.46. The van der Waals surface area contributed by atoms with Gasteiger partial charge in [-0.1, -0.05) is 60.8 Å². The lowest BCUT2D eigenvalue weighted by atomic mass is 9.88. The summed E-state index contributed by atoms with van der Waals surface area (Å²) in [6.07, 6.45) is 3.57. The van der Waals surface area contributed by atoms with Crippen LogP contribution in [0.25, 0.3) is 0 Å². The van der Waals surface area contributed by atoms with Gasteiger partial charge in [0.15, 0.2) is 0 Å². The lowest BCUT2D eigenvalue weighted by molar-refractivity contribution is 0.347. The van der Waals surface area contributed by atoms with E-state index in [1.807, 2.05) is 13.1 Å². The van der Waals surface area contributed by atoms with E-state index in [4.69, 9.17) is 11.6 Å². The molecule has 1 aromatic rings. The second kappa shape index (κ2) is 6.93. The Morgan fingerprint density at radius 1 is 1.33 bits per heavy atom. The number of hydrogen-bond donors (Lipinski definition) is 1. The van der Waals surface area contributed by atoms with Crippen molar-refractivity contribution < 1.29 is 0 Å². The highest BCUT2D eigenvalue weighted by Crippen LogP contribution is 2.31. The highest BCUT2D eigenvalue weighted by Gasteiger charge is 2.15. The summed E-state index contributed by atoms with van der Waals surface area (Å²) in [6.45, 7) is 6.86. The van der Waals surface area contributed by atoms with Crippen LogP contribution in [-0.4, -0.2) is 7.05 Å². The second-order valence-corrected chi connectivity index (χ2v) is 7.28. The average Bonchev–Trinajstić information content (AvgIpc) is 2.24. The van der Waals surface area contributed by atoms with E-state index in [9.17, 15) is 0 Å². The lowest BCUT2D eigenvalue weighted by Gasteiger charge is -2.22. The summed E-state index contributed by atoms with van der Waals surface area (Å²) >= 11 is 9.74. The van der Waals surface area contributed by atoms with E-state index in [0.717, 1.165) is 15.9 Å². The van der Waals surface area contributed by atoms with Crippen LogP contribution in [0, 0.1) is 5.41 Å². The Hall–Kier alpha value is -0.0500. The molecule has 102 valence electrons. The van der Waals surface area contributed by atoms with Crippen LogP contribution >= 0.6 is 27.5 Å². The zero-order chi connectivity index (χ0) is 13.8. The summed E-state index contributed by atoms with van der Waals surface area (Å²) in [5.41, 5.74) is 1.60. The minimum Gasteiger partial charge on any atom is -0.313 e. The molecule has 0 bridgehead atoms. The van der Waals surface area contributed by atoms with Crippen molar-refractivity contribution in [3.8, 4) is 0 Å². The maximum absolute atomic E-state index is 6.30. The van der Waals surface area contributed by atoms with Crippen LogP contribution in [0.4, 0.5) is 0 Å². The molecule has 0 heterocycles. The first-order valence-corrected chi connectivity index (χ1v) is 7.63. The maximum Gasteiger partial charge on any atom is 0.0465 e. The molecule has 1 rings (SSSR count). The topological polar surface area (TPSA) is 12.0 Å². The van der Waals surface area contributed by atoms with Gasteiger partial charge in [0.2, 0.25) is 0 Å². The molecule has 1 aromatic carbocycles. The van der Waals surface area contributed by atoms with Gasteiger partial charge in [-0.3, -0.25) is 0 Å². The monoisotopic (exact) mass is 331 g/mol. The minimum absolute atomic E-state index is 0.341. The molecule has 0 spiro atoms. The van der Waals surface area contributed by atoms with Crippen molar-refractivity contribution in [2.24, 2.45) is 5.41 Å². The van der Waals surface area contributed by atoms with Crippen LogP contribution in [0.5, 0.6) is 0 Å². The van der Waals surface area contributed by atoms with E-state index in [2.05, 4.69) is 54.2 Å². The average molecular weight is 333 g/mol. The second-order valence-electron chi connectivity index (χ2n) is 5.96. The Morgan fingerprint density at radius 3 is 2.50 bits per heavy atom. The van der Waals surface area contributed by atoms with Crippen molar-refractivity contribution in [3.05, 3.63) is 33.3 Å². The SMILES string of the molecule is CNC(CCCC(C)(C)C)c1ccc(Br)cc1Cl. The normalized spacial score (nSPS) is 13.7. The zero-order valence-corrected chi connectivity index (χ0v) is 14.0. The largest absolute Gasteiger partial charge is 0.313 e. The Bertz CT molecular complexity index is 385. The quantitative estimate of drug-likeness (QED) is 0.742. The van der Waals surface area contributed by atoms with Gasteiger partial charge >= 0.3 is 0 Å². The third-order valence-electron chi connectivity index (χ3n) is 3.11. The first-order chi connectivity index (χ1) is 8.33. The number of nitrogens with one attached hydrogen (secondary N) is 1. The molecule has 1 nitrogen and oxygen atoms in total. The van der Waals surface area contributed by atoms with E-state index in [0.29, 0.717) is 11.5 Å². The molecule has 0 saturated heterocycles. The fourth-order valence-electron chi connectivity index (χ4n) is 2.08. The summed E-state index contributed by atoms with van der Waals surface area (Å²) in [6, 6.07) is 6.46. The molecule has 0 aliphatic carbocycles. The zero-order valence-electron chi connectivity index (χ0n) is 11.7. The lowest BCUT2D eigenvalue weighted by Crippen LogP contribution is -2.17. The number of rotatable bonds is 5. The number of hydrogen-bond acceptors (Lipinski definition) is 1. The summed E-state index contributed by atoms with van der Waals surface area (Å²) in [7, 11) is 2.00. The third-order valence-corrected chi connectivity index (χ3v) is 3.93. The van der Waals surface area contributed by atoms with Gasteiger partial charge in [0.05, 0.1) is 0 Å². The van der Waals surface area contributed by atoms with Crippen molar-refractivity contribution in [3.63, 3.8) is 0 Å². The molecule has 3 heteroatoms. The fourth-order valence-corrected chi connectivity index (χ4v) is 2.88. The molecule has 0 aliphatic heterocycles. The van der Waals surface area contributed by atoms with E-state index >= 15 is 0 Å². The van der Waals surface area contributed by atoms with Crippen LogP contribution < -0.4 is 5.32 Å². The van der Waals surface area contributed by atoms with Crippen molar-refractivity contribution in [1.82, 2.24) is 5.32 Å². The first kappa shape index (κ1) is 16.0. The van der Waals surface area contributed by atoms with Gasteiger partial charge in [-0.05, 0) is 43.0 Å². The molecule has 1 N–H and O–H groups in total. The van der Waals surface area contributed by atoms with Gasteiger partial charge in [-0.15, -0.1) is 0 Å². The van der Waals surface area contributed by atoms with Crippen LogP contribution in [0.15, 0.2) is 22.7 Å². The van der Waals surface area contributed by atoms with Crippen molar-refractivity contribution in [2.45, 2.75) is 46.1 Å². The van der Waals surface area contributed by atoms with E-state index < -0.39 is 0 Å². The van der Waals surface area contributed by atoms with Gasteiger partial charge in [-0.25, -0.2) is 0 Å². The molecule has 18 heavy (non-hydrogen) atoms. The molecule has 0 aliphatic rings. The Kier molecular flexibility index (Phi) is 6.16. The van der Waals surface area contributed by atoms with Gasteiger partial charge in [0.1, 0.15) is 0 Å². The van der Waals surface area contributed by atoms with Gasteiger partial charge in [0, 0.05) is 15.5 Å². The molecule has 0 aromatic heterocycles. The molecule has 0 fully saturated rings. The summed E-state index contributed by atoms with van der Waals surface area (Å²) < 4.78 is 1.03. The maximum atomic E-state index is 6.30. The summed E-state index contributed by atoms with van der Waals surface area (Å²) in [5, 5.41) is 4.20. The molecule has 0 radical (unpaired) electrons. The minimum atomic E-state index is 0.341. The predicted molar refractivity (Wildman–Crippen MR) is 84.3 cm³/mol. The highest BCUT2D eigenvalue weighted by atomic mass is 79.9. The van der Waals surface area contributed by atoms with E-state index in [1.54, 1.807) is 0 Å². The number of halogens is 2. The van der Waals surface area contributed by atoms with Crippen LogP contribution in [0.1, 0.15) is 51.6 Å². The fraction of sp³-hybridized carbons (Fsp3) is 0.600. The molecular formula is C15H23BrClN. The van der Waals surface area contributed by atoms with Crippen molar-refractivity contribution >= 4 is 27.5 Å². The van der Waals surface area contributed by atoms with Crippen LogP contribution in [0.2, 0.25) is 5.02 Å². The van der Waals surface area contributed by atoms with Crippen molar-refractivity contribution in [1.29, 1.82) is 0 Å². The Balaban J connectivity index is 2.66. The van der Waals surface area contributed by atoms with Gasteiger partial charge in [-0.2, -0.15) is 0 Å². The molecule has 0 saturated carbocycles. The molecule has 0 amide bonds. The molecule has 1 atom stereocenters. The van der Waals surface area contributed by atoms with Gasteiger partial charge in [0.25, 0.3) is 0 Å². The van der Waals surface area contributed by atoms with Crippen LogP contribution in [-0.2, 0) is 0 Å². The highest BCUT2D eigenvalue weighted by molar-refractivity contribution is 9.10. The smallest absolute Gasteiger partial charge is 0.0465 e. The summed E-state index contributed by atoms with van der Waals surface area (Å²) in [4.78, 5) is 0. The Labute approximate surface area is 124 Å². The Morgan fingerprint density at radius 2 is 2.00 bits per heavy atom. The molecule has 1 unspecified atom stereocenters.